The molecule has 1 saturated heterocycles. The highest BCUT2D eigenvalue weighted by Crippen LogP contribution is 2.43. The molecule has 2 aromatic carbocycles. The highest BCUT2D eigenvalue weighted by atomic mass is 16.3. The molecule has 0 saturated carbocycles. The molecule has 0 bridgehead atoms. The quantitative estimate of drug-likeness (QED) is 0.862. The zero-order valence-corrected chi connectivity index (χ0v) is 12.8. The molecule has 5 nitrogen and oxygen atoms in total. The molecule has 2 aromatic rings. The van der Waals surface area contributed by atoms with Gasteiger partial charge in [-0.15, -0.1) is 4.91 Å². The van der Waals surface area contributed by atoms with E-state index in [0.717, 1.165) is 11.1 Å². The van der Waals surface area contributed by atoms with Crippen LogP contribution in [0.2, 0.25) is 0 Å². The summed E-state index contributed by atoms with van der Waals surface area (Å²) in [5, 5.41) is 4.50. The average molecular weight is 309 g/mol. The maximum atomic E-state index is 12.7. The van der Waals surface area contributed by atoms with Gasteiger partial charge >= 0.3 is 0 Å². The fourth-order valence-corrected chi connectivity index (χ4v) is 3.70. The Labute approximate surface area is 135 Å². The molecule has 1 amide bonds. The topological polar surface area (TPSA) is 75.8 Å². The minimum absolute atomic E-state index is 0.0949. The number of nitrogens with two attached hydrogens (primary N) is 1. The van der Waals surface area contributed by atoms with Gasteiger partial charge in [0.25, 0.3) is 0 Å². The molecular formula is C18H19N3O2. The lowest BCUT2D eigenvalue weighted by Crippen LogP contribution is -2.49. The number of rotatable bonds is 5. The van der Waals surface area contributed by atoms with E-state index in [0.29, 0.717) is 19.5 Å². The fraction of sp³-hybridized carbons (Fsp3) is 0.278. The third kappa shape index (κ3) is 2.48. The molecule has 0 aliphatic carbocycles. The zero-order chi connectivity index (χ0) is 16.3. The summed E-state index contributed by atoms with van der Waals surface area (Å²) in [5.74, 6) is -0.491. The van der Waals surface area contributed by atoms with Gasteiger partial charge in [-0.1, -0.05) is 60.7 Å². The summed E-state index contributed by atoms with van der Waals surface area (Å²) in [7, 11) is 0. The van der Waals surface area contributed by atoms with Gasteiger partial charge in [0, 0.05) is 19.0 Å². The lowest BCUT2D eigenvalue weighted by molar-refractivity contribution is -0.123. The molecule has 2 N–H and O–H groups in total. The van der Waals surface area contributed by atoms with E-state index < -0.39 is 11.3 Å². The number of primary amides is 1. The lowest BCUT2D eigenvalue weighted by Gasteiger charge is -2.37. The Morgan fingerprint density at radius 3 is 1.96 bits per heavy atom. The molecule has 1 heterocycles. The molecule has 1 aliphatic rings. The number of hydrogen-bond donors (Lipinski definition) is 1. The lowest BCUT2D eigenvalue weighted by atomic mass is 9.65. The van der Waals surface area contributed by atoms with Crippen molar-refractivity contribution in [3.8, 4) is 0 Å². The Kier molecular flexibility index (Phi) is 4.10. The Morgan fingerprint density at radius 1 is 1.04 bits per heavy atom. The maximum absolute atomic E-state index is 12.7. The largest absolute Gasteiger partial charge is 0.369 e. The van der Waals surface area contributed by atoms with Crippen LogP contribution in [0.4, 0.5) is 0 Å². The van der Waals surface area contributed by atoms with E-state index in [2.05, 4.69) is 5.29 Å². The maximum Gasteiger partial charge on any atom is 0.232 e. The second kappa shape index (κ2) is 6.20. The molecule has 5 heteroatoms. The predicted octanol–water partition coefficient (Wildman–Crippen LogP) is 2.46. The summed E-state index contributed by atoms with van der Waals surface area (Å²) < 4.78 is 0. The first-order valence-electron chi connectivity index (χ1n) is 7.68. The minimum atomic E-state index is -0.956. The van der Waals surface area contributed by atoms with Gasteiger partial charge in [0.15, 0.2) is 0 Å². The number of nitroso groups, excluding NO2 is 1. The van der Waals surface area contributed by atoms with Gasteiger partial charge in [0.05, 0.1) is 5.29 Å². The van der Waals surface area contributed by atoms with Crippen molar-refractivity contribution >= 4 is 5.91 Å². The Balaban J connectivity index is 2.19. The smallest absolute Gasteiger partial charge is 0.232 e. The van der Waals surface area contributed by atoms with Crippen molar-refractivity contribution in [2.45, 2.75) is 11.8 Å². The van der Waals surface area contributed by atoms with Crippen molar-refractivity contribution in [2.24, 2.45) is 16.9 Å². The van der Waals surface area contributed by atoms with Crippen LogP contribution in [0, 0.1) is 10.8 Å². The van der Waals surface area contributed by atoms with Crippen molar-refractivity contribution in [1.82, 2.24) is 5.01 Å². The third-order valence-corrected chi connectivity index (χ3v) is 4.74. The number of amides is 1. The number of nitrogens with zero attached hydrogens (tertiary/aromatic N) is 2. The molecule has 23 heavy (non-hydrogen) atoms. The monoisotopic (exact) mass is 309 g/mol. The van der Waals surface area contributed by atoms with Gasteiger partial charge < -0.3 is 5.73 Å². The summed E-state index contributed by atoms with van der Waals surface area (Å²) in [6, 6.07) is 19.1. The molecule has 3 rings (SSSR count). The molecule has 0 radical (unpaired) electrons. The van der Waals surface area contributed by atoms with Crippen molar-refractivity contribution in [1.29, 1.82) is 0 Å². The number of hydrogen-bond acceptors (Lipinski definition) is 3. The van der Waals surface area contributed by atoms with Crippen molar-refractivity contribution in [3.05, 3.63) is 76.7 Å². The first-order valence-corrected chi connectivity index (χ1v) is 7.68. The van der Waals surface area contributed by atoms with Crippen molar-refractivity contribution < 1.29 is 4.79 Å². The molecule has 1 unspecified atom stereocenters. The highest BCUT2D eigenvalue weighted by molar-refractivity contribution is 5.91. The summed E-state index contributed by atoms with van der Waals surface area (Å²) in [5.41, 5.74) is 6.70. The first-order chi connectivity index (χ1) is 11.2. The van der Waals surface area contributed by atoms with Crippen LogP contribution < -0.4 is 5.73 Å². The third-order valence-electron chi connectivity index (χ3n) is 4.74. The molecule has 118 valence electrons. The van der Waals surface area contributed by atoms with Gasteiger partial charge in [0.1, 0.15) is 5.41 Å². The second-order valence-electron chi connectivity index (χ2n) is 5.88. The minimum Gasteiger partial charge on any atom is -0.369 e. The van der Waals surface area contributed by atoms with Gasteiger partial charge in [0.2, 0.25) is 5.91 Å². The number of benzene rings is 2. The second-order valence-corrected chi connectivity index (χ2v) is 5.88. The van der Waals surface area contributed by atoms with Crippen molar-refractivity contribution in [3.63, 3.8) is 0 Å². The summed E-state index contributed by atoms with van der Waals surface area (Å²) in [6.07, 6.45) is 0.693. The van der Waals surface area contributed by atoms with Gasteiger partial charge in [-0.25, -0.2) is 0 Å². The standard InChI is InChI=1S/C18H19N3O2/c19-17(22)18(14-7-3-1-4-8-14,15-9-5-2-6-10-15)16-11-12-21(13-16)20-23/h1-10,16H,11-13H2,(H2,19,22). The summed E-state index contributed by atoms with van der Waals surface area (Å²) >= 11 is 0. The van der Waals surface area contributed by atoms with Gasteiger partial charge in [-0.05, 0) is 17.5 Å². The zero-order valence-electron chi connectivity index (χ0n) is 12.8. The van der Waals surface area contributed by atoms with Crippen LogP contribution in [0.25, 0.3) is 0 Å². The molecule has 1 fully saturated rings. The number of carbonyl (C=O) groups excluding carboxylic acids is 1. The van der Waals surface area contributed by atoms with E-state index >= 15 is 0 Å². The Bertz CT molecular complexity index is 648. The van der Waals surface area contributed by atoms with E-state index in [1.807, 2.05) is 60.7 Å². The van der Waals surface area contributed by atoms with Crippen LogP contribution in [-0.2, 0) is 10.2 Å². The Morgan fingerprint density at radius 2 is 1.57 bits per heavy atom. The van der Waals surface area contributed by atoms with Crippen LogP contribution in [0.1, 0.15) is 17.5 Å². The number of carbonyl (C=O) groups is 1. The summed E-state index contributed by atoms with van der Waals surface area (Å²) in [6.45, 7) is 0.971. The fourth-order valence-electron chi connectivity index (χ4n) is 3.70. The van der Waals surface area contributed by atoms with Crippen LogP contribution in [0.5, 0.6) is 0 Å². The molecule has 0 aromatic heterocycles. The molecule has 1 aliphatic heterocycles. The highest BCUT2D eigenvalue weighted by Gasteiger charge is 2.49. The molecule has 0 spiro atoms. The Hall–Kier alpha value is -2.69. The predicted molar refractivity (Wildman–Crippen MR) is 88.3 cm³/mol. The van der Waals surface area contributed by atoms with Gasteiger partial charge in [-0.2, -0.15) is 0 Å². The molecule has 1 atom stereocenters. The first kappa shape index (κ1) is 15.2. The van der Waals surface area contributed by atoms with E-state index in [4.69, 9.17) is 5.73 Å². The van der Waals surface area contributed by atoms with Crippen LogP contribution >= 0.6 is 0 Å². The molecular weight excluding hydrogens is 290 g/mol. The van der Waals surface area contributed by atoms with Crippen molar-refractivity contribution in [2.75, 3.05) is 13.1 Å². The van der Waals surface area contributed by atoms with E-state index in [-0.39, 0.29) is 5.92 Å². The van der Waals surface area contributed by atoms with Crippen LogP contribution in [0.15, 0.2) is 65.9 Å². The van der Waals surface area contributed by atoms with E-state index in [9.17, 15) is 9.70 Å². The van der Waals surface area contributed by atoms with Crippen LogP contribution in [0.3, 0.4) is 0 Å². The van der Waals surface area contributed by atoms with Gasteiger partial charge in [-0.3, -0.25) is 9.80 Å². The normalized spacial score (nSPS) is 17.9. The average Bonchev–Trinajstić information content (AvgIpc) is 3.06. The van der Waals surface area contributed by atoms with E-state index in [1.165, 1.54) is 5.01 Å². The SMILES string of the molecule is NC(=O)C(c1ccccc1)(c1ccccc1)C1CCN(N=O)C1. The summed E-state index contributed by atoms with van der Waals surface area (Å²) in [4.78, 5) is 23.6. The van der Waals surface area contributed by atoms with E-state index in [1.54, 1.807) is 0 Å². The van der Waals surface area contributed by atoms with Crippen LogP contribution in [-0.4, -0.2) is 24.0 Å².